The van der Waals surface area contributed by atoms with Crippen molar-refractivity contribution in [3.8, 4) is 11.3 Å². The first-order valence-electron chi connectivity index (χ1n) is 5.80. The number of carbonyl (C=O) groups excluding carboxylic acids is 1. The van der Waals surface area contributed by atoms with Gasteiger partial charge in [0.2, 0.25) is 5.91 Å². The van der Waals surface area contributed by atoms with Crippen molar-refractivity contribution in [2.75, 3.05) is 11.9 Å². The van der Waals surface area contributed by atoms with E-state index in [1.54, 1.807) is 0 Å². The van der Waals surface area contributed by atoms with E-state index in [-0.39, 0.29) is 5.91 Å². The molecule has 1 heterocycles. The maximum Gasteiger partial charge on any atom is 0.226 e. The Bertz CT molecular complexity index is 510. The fourth-order valence-electron chi connectivity index (χ4n) is 1.52. The van der Waals surface area contributed by atoms with Gasteiger partial charge in [-0.05, 0) is 13.0 Å². The summed E-state index contributed by atoms with van der Waals surface area (Å²) in [6, 6.07) is 9.89. The summed E-state index contributed by atoms with van der Waals surface area (Å²) in [5.74, 6) is -0.0330. The second-order valence-corrected chi connectivity index (χ2v) is 4.70. The number of hydrogen-bond acceptors (Lipinski definition) is 4. The summed E-state index contributed by atoms with van der Waals surface area (Å²) in [6.07, 6.45) is 1.14. The van der Waals surface area contributed by atoms with E-state index in [4.69, 9.17) is 5.73 Å². The Balaban J connectivity index is 2.00. The van der Waals surface area contributed by atoms with E-state index in [9.17, 15) is 4.79 Å². The van der Waals surface area contributed by atoms with E-state index in [0.29, 0.717) is 24.5 Å². The zero-order chi connectivity index (χ0) is 12.8. The molecule has 0 spiro atoms. The Morgan fingerprint density at radius 1 is 1.33 bits per heavy atom. The molecule has 0 saturated carbocycles. The minimum absolute atomic E-state index is 0.0330. The lowest BCUT2D eigenvalue weighted by Crippen LogP contribution is -2.13. The molecule has 0 aliphatic carbocycles. The van der Waals surface area contributed by atoms with Crippen LogP contribution in [0.25, 0.3) is 11.3 Å². The highest BCUT2D eigenvalue weighted by atomic mass is 32.1. The average Bonchev–Trinajstić information content (AvgIpc) is 2.86. The number of benzene rings is 1. The van der Waals surface area contributed by atoms with Crippen molar-refractivity contribution < 1.29 is 4.79 Å². The summed E-state index contributed by atoms with van der Waals surface area (Å²) in [6.45, 7) is 0.528. The molecule has 0 bridgehead atoms. The number of thiazole rings is 1. The van der Waals surface area contributed by atoms with Crippen LogP contribution >= 0.6 is 11.3 Å². The third-order valence-electron chi connectivity index (χ3n) is 2.43. The van der Waals surface area contributed by atoms with E-state index in [1.807, 2.05) is 35.7 Å². The minimum Gasteiger partial charge on any atom is -0.330 e. The molecule has 2 rings (SSSR count). The Kier molecular flexibility index (Phi) is 4.44. The van der Waals surface area contributed by atoms with Gasteiger partial charge in [-0.2, -0.15) is 0 Å². The van der Waals surface area contributed by atoms with Crippen LogP contribution < -0.4 is 11.1 Å². The van der Waals surface area contributed by atoms with Crippen LogP contribution in [0, 0.1) is 0 Å². The Hall–Kier alpha value is -1.72. The number of nitrogens with one attached hydrogen (secondary N) is 1. The fourth-order valence-corrected chi connectivity index (χ4v) is 2.25. The second kappa shape index (κ2) is 6.28. The third kappa shape index (κ3) is 3.38. The number of rotatable bonds is 5. The molecule has 3 N–H and O–H groups in total. The monoisotopic (exact) mass is 261 g/mol. The van der Waals surface area contributed by atoms with E-state index in [0.717, 1.165) is 11.3 Å². The summed E-state index contributed by atoms with van der Waals surface area (Å²) < 4.78 is 0. The van der Waals surface area contributed by atoms with Crippen molar-refractivity contribution in [2.45, 2.75) is 12.8 Å². The number of anilines is 1. The van der Waals surface area contributed by atoms with Gasteiger partial charge in [0.1, 0.15) is 0 Å². The molecule has 2 aromatic rings. The molecular weight excluding hydrogens is 246 g/mol. The Morgan fingerprint density at radius 3 is 2.83 bits per heavy atom. The van der Waals surface area contributed by atoms with Crippen LogP contribution in [0.5, 0.6) is 0 Å². The Labute approximate surface area is 110 Å². The number of amides is 1. The second-order valence-electron chi connectivity index (χ2n) is 3.84. The maximum atomic E-state index is 11.5. The lowest BCUT2D eigenvalue weighted by atomic mass is 10.2. The molecule has 0 aliphatic heterocycles. The topological polar surface area (TPSA) is 68.0 Å². The first-order valence-corrected chi connectivity index (χ1v) is 6.68. The summed E-state index contributed by atoms with van der Waals surface area (Å²) in [5, 5.41) is 5.35. The smallest absolute Gasteiger partial charge is 0.226 e. The molecule has 1 aromatic heterocycles. The van der Waals surface area contributed by atoms with Crippen LogP contribution in [0.1, 0.15) is 12.8 Å². The van der Waals surface area contributed by atoms with Crippen LogP contribution in [-0.4, -0.2) is 17.4 Å². The van der Waals surface area contributed by atoms with Gasteiger partial charge in [-0.15, -0.1) is 11.3 Å². The fraction of sp³-hybridized carbons (Fsp3) is 0.231. The van der Waals surface area contributed by atoms with Gasteiger partial charge < -0.3 is 11.1 Å². The SMILES string of the molecule is NCCCC(=O)Nc1nc(-c2ccccc2)cs1. The van der Waals surface area contributed by atoms with E-state index in [2.05, 4.69) is 10.3 Å². The van der Waals surface area contributed by atoms with Crippen molar-refractivity contribution in [3.63, 3.8) is 0 Å². The van der Waals surface area contributed by atoms with Gasteiger partial charge in [0, 0.05) is 17.4 Å². The molecule has 0 radical (unpaired) electrons. The standard InChI is InChI=1S/C13H15N3OS/c14-8-4-7-12(17)16-13-15-11(9-18-13)10-5-2-1-3-6-10/h1-3,5-6,9H,4,7-8,14H2,(H,15,16,17). The van der Waals surface area contributed by atoms with Gasteiger partial charge in [-0.3, -0.25) is 4.79 Å². The van der Waals surface area contributed by atoms with Crippen LogP contribution in [0.15, 0.2) is 35.7 Å². The van der Waals surface area contributed by atoms with Crippen molar-refractivity contribution in [1.82, 2.24) is 4.98 Å². The van der Waals surface area contributed by atoms with E-state index in [1.165, 1.54) is 11.3 Å². The number of carbonyl (C=O) groups is 1. The van der Waals surface area contributed by atoms with Crippen molar-refractivity contribution in [1.29, 1.82) is 0 Å². The normalized spacial score (nSPS) is 10.3. The lowest BCUT2D eigenvalue weighted by molar-refractivity contribution is -0.116. The molecule has 94 valence electrons. The first-order chi connectivity index (χ1) is 8.79. The molecule has 0 unspecified atom stereocenters. The molecule has 1 amide bonds. The molecule has 4 nitrogen and oxygen atoms in total. The third-order valence-corrected chi connectivity index (χ3v) is 3.19. The molecular formula is C13H15N3OS. The highest BCUT2D eigenvalue weighted by Gasteiger charge is 2.07. The van der Waals surface area contributed by atoms with E-state index < -0.39 is 0 Å². The minimum atomic E-state index is -0.0330. The Morgan fingerprint density at radius 2 is 2.11 bits per heavy atom. The summed E-state index contributed by atoms with van der Waals surface area (Å²) in [5.41, 5.74) is 7.29. The molecule has 18 heavy (non-hydrogen) atoms. The molecule has 0 aliphatic rings. The van der Waals surface area contributed by atoms with Crippen LogP contribution in [0.2, 0.25) is 0 Å². The zero-order valence-corrected chi connectivity index (χ0v) is 10.7. The summed E-state index contributed by atoms with van der Waals surface area (Å²) in [7, 11) is 0. The van der Waals surface area contributed by atoms with E-state index >= 15 is 0 Å². The van der Waals surface area contributed by atoms with Gasteiger partial charge in [0.15, 0.2) is 5.13 Å². The molecule has 1 aromatic carbocycles. The number of nitrogens with zero attached hydrogens (tertiary/aromatic N) is 1. The van der Waals surface area contributed by atoms with Crippen molar-refractivity contribution >= 4 is 22.4 Å². The predicted molar refractivity (Wildman–Crippen MR) is 74.5 cm³/mol. The largest absolute Gasteiger partial charge is 0.330 e. The number of aromatic nitrogens is 1. The summed E-state index contributed by atoms with van der Waals surface area (Å²) >= 11 is 1.43. The van der Waals surface area contributed by atoms with Gasteiger partial charge in [0.05, 0.1) is 5.69 Å². The van der Waals surface area contributed by atoms with Crippen molar-refractivity contribution in [3.05, 3.63) is 35.7 Å². The van der Waals surface area contributed by atoms with Crippen LogP contribution in [-0.2, 0) is 4.79 Å². The van der Waals surface area contributed by atoms with Gasteiger partial charge in [0.25, 0.3) is 0 Å². The highest BCUT2D eigenvalue weighted by molar-refractivity contribution is 7.14. The number of hydrogen-bond donors (Lipinski definition) is 2. The highest BCUT2D eigenvalue weighted by Crippen LogP contribution is 2.24. The van der Waals surface area contributed by atoms with Crippen LogP contribution in [0.3, 0.4) is 0 Å². The zero-order valence-electron chi connectivity index (χ0n) is 9.93. The molecule has 0 saturated heterocycles. The predicted octanol–water partition coefficient (Wildman–Crippen LogP) is 2.49. The van der Waals surface area contributed by atoms with Gasteiger partial charge >= 0.3 is 0 Å². The quantitative estimate of drug-likeness (QED) is 0.869. The molecule has 5 heteroatoms. The maximum absolute atomic E-state index is 11.5. The van der Waals surface area contributed by atoms with Crippen LogP contribution in [0.4, 0.5) is 5.13 Å². The molecule has 0 fully saturated rings. The summed E-state index contributed by atoms with van der Waals surface area (Å²) in [4.78, 5) is 15.9. The van der Waals surface area contributed by atoms with Gasteiger partial charge in [-0.25, -0.2) is 4.98 Å². The first kappa shape index (κ1) is 12.7. The van der Waals surface area contributed by atoms with Gasteiger partial charge in [-0.1, -0.05) is 30.3 Å². The lowest BCUT2D eigenvalue weighted by Gasteiger charge is -1.99. The van der Waals surface area contributed by atoms with Crippen molar-refractivity contribution in [2.24, 2.45) is 5.73 Å². The average molecular weight is 261 g/mol. The molecule has 0 atom stereocenters. The number of nitrogens with two attached hydrogens (primary N) is 1.